The van der Waals surface area contributed by atoms with Crippen LogP contribution in [0.3, 0.4) is 0 Å². The molecule has 1 atom stereocenters. The number of aromatic nitrogens is 1. The number of carbonyl (C=O) groups excluding carboxylic acids is 1. The predicted octanol–water partition coefficient (Wildman–Crippen LogP) is 5.20. The van der Waals surface area contributed by atoms with Gasteiger partial charge in [0.05, 0.1) is 17.4 Å². The summed E-state index contributed by atoms with van der Waals surface area (Å²) in [5, 5.41) is 2.76. The molecule has 1 N–H and O–H groups in total. The van der Waals surface area contributed by atoms with Crippen LogP contribution in [0.4, 0.5) is 28.0 Å². The second-order valence-electron chi connectivity index (χ2n) is 6.76. The lowest BCUT2D eigenvalue weighted by atomic mass is 9.91. The van der Waals surface area contributed by atoms with Crippen molar-refractivity contribution in [2.75, 3.05) is 18.4 Å². The number of halogens is 4. The second-order valence-corrected chi connectivity index (χ2v) is 6.76. The lowest BCUT2D eigenvalue weighted by Crippen LogP contribution is -2.42. The van der Waals surface area contributed by atoms with E-state index < -0.39 is 17.6 Å². The van der Waals surface area contributed by atoms with Crippen molar-refractivity contribution in [3.8, 4) is 0 Å². The van der Waals surface area contributed by atoms with Crippen molar-refractivity contribution in [1.82, 2.24) is 9.88 Å². The van der Waals surface area contributed by atoms with Gasteiger partial charge in [0.1, 0.15) is 5.82 Å². The van der Waals surface area contributed by atoms with Crippen LogP contribution in [0.5, 0.6) is 0 Å². The Balaban J connectivity index is 1.70. The van der Waals surface area contributed by atoms with Crippen LogP contribution in [0, 0.1) is 11.7 Å². The molecule has 1 aromatic carbocycles. The number of nitrogens with zero attached hydrogens (tertiary/aromatic N) is 2. The Labute approximate surface area is 159 Å². The van der Waals surface area contributed by atoms with Crippen molar-refractivity contribution < 1.29 is 22.4 Å². The average Bonchev–Trinajstić information content (AvgIpc) is 2.63. The first-order chi connectivity index (χ1) is 13.2. The zero-order valence-electron chi connectivity index (χ0n) is 15.1. The van der Waals surface area contributed by atoms with Crippen molar-refractivity contribution in [1.29, 1.82) is 0 Å². The number of hydrogen-bond acceptors (Lipinski definition) is 2. The van der Waals surface area contributed by atoms with E-state index in [1.54, 1.807) is 35.5 Å². The summed E-state index contributed by atoms with van der Waals surface area (Å²) in [4.78, 5) is 17.9. The SMILES string of the molecule is CC1CN(C(=O)Nc2cccnc2)CCC1=Cc1cc(F)cc(C(F)(F)F)c1. The highest BCUT2D eigenvalue weighted by molar-refractivity contribution is 5.89. The topological polar surface area (TPSA) is 45.2 Å². The van der Waals surface area contributed by atoms with Crippen LogP contribution >= 0.6 is 0 Å². The molecule has 0 bridgehead atoms. The Morgan fingerprint density at radius 3 is 2.75 bits per heavy atom. The molecular formula is C20H19F4N3O. The predicted molar refractivity (Wildman–Crippen MR) is 98.0 cm³/mol. The van der Waals surface area contributed by atoms with Gasteiger partial charge in [0.15, 0.2) is 0 Å². The minimum Gasteiger partial charge on any atom is -0.324 e. The highest BCUT2D eigenvalue weighted by Crippen LogP contribution is 2.32. The van der Waals surface area contributed by atoms with Crippen LogP contribution in [0.2, 0.25) is 0 Å². The molecule has 2 aromatic rings. The molecule has 2 heterocycles. The molecule has 1 saturated heterocycles. The molecule has 0 aliphatic carbocycles. The molecule has 1 aromatic heterocycles. The highest BCUT2D eigenvalue weighted by atomic mass is 19.4. The van der Waals surface area contributed by atoms with E-state index in [0.717, 1.165) is 17.7 Å². The van der Waals surface area contributed by atoms with E-state index in [0.29, 0.717) is 31.3 Å². The van der Waals surface area contributed by atoms with E-state index in [4.69, 9.17) is 0 Å². The molecule has 0 saturated carbocycles. The third-order valence-corrected chi connectivity index (χ3v) is 4.60. The first-order valence-corrected chi connectivity index (χ1v) is 8.76. The van der Waals surface area contributed by atoms with E-state index in [2.05, 4.69) is 10.3 Å². The summed E-state index contributed by atoms with van der Waals surface area (Å²) in [6, 6.07) is 5.68. The molecule has 1 aliphatic heterocycles. The summed E-state index contributed by atoms with van der Waals surface area (Å²) < 4.78 is 52.2. The maximum atomic E-state index is 13.6. The van der Waals surface area contributed by atoms with Crippen LogP contribution in [0.1, 0.15) is 24.5 Å². The summed E-state index contributed by atoms with van der Waals surface area (Å²) in [7, 11) is 0. The number of carbonyl (C=O) groups is 1. The molecule has 1 aliphatic rings. The standard InChI is InChI=1S/C20H19F4N3O/c1-13-12-27(19(28)26-18-3-2-5-25-11-18)6-4-15(13)7-14-8-16(20(22,23)24)10-17(21)9-14/h2-3,5,7-11,13H,4,6,12H2,1H3,(H,26,28). The van der Waals surface area contributed by atoms with Gasteiger partial charge in [-0.2, -0.15) is 13.2 Å². The molecule has 2 amide bonds. The van der Waals surface area contributed by atoms with Crippen LogP contribution < -0.4 is 5.32 Å². The van der Waals surface area contributed by atoms with Gasteiger partial charge in [-0.15, -0.1) is 0 Å². The molecule has 28 heavy (non-hydrogen) atoms. The maximum absolute atomic E-state index is 13.6. The van der Waals surface area contributed by atoms with Gasteiger partial charge in [0.25, 0.3) is 0 Å². The number of hydrogen-bond donors (Lipinski definition) is 1. The summed E-state index contributed by atoms with van der Waals surface area (Å²) in [6.45, 7) is 2.72. The molecule has 4 nitrogen and oxygen atoms in total. The number of anilines is 1. The molecule has 8 heteroatoms. The minimum absolute atomic E-state index is 0.0639. The van der Waals surface area contributed by atoms with Gasteiger partial charge in [0.2, 0.25) is 0 Å². The number of likely N-dealkylation sites (tertiary alicyclic amines) is 1. The maximum Gasteiger partial charge on any atom is 0.416 e. The Bertz CT molecular complexity index is 881. The van der Waals surface area contributed by atoms with E-state index in [9.17, 15) is 22.4 Å². The summed E-state index contributed by atoms with van der Waals surface area (Å²) in [5.74, 6) is -0.992. The number of benzene rings is 1. The number of urea groups is 1. The fourth-order valence-corrected chi connectivity index (χ4v) is 3.16. The largest absolute Gasteiger partial charge is 0.416 e. The van der Waals surface area contributed by atoms with Crippen molar-refractivity contribution >= 4 is 17.8 Å². The smallest absolute Gasteiger partial charge is 0.324 e. The number of nitrogens with one attached hydrogen (secondary N) is 1. The minimum atomic E-state index is -4.60. The molecule has 148 valence electrons. The normalized spacial score (nSPS) is 19.0. The van der Waals surface area contributed by atoms with Crippen molar-refractivity contribution in [3.63, 3.8) is 0 Å². The van der Waals surface area contributed by atoms with Gasteiger partial charge < -0.3 is 10.2 Å². The van der Waals surface area contributed by atoms with Crippen LogP contribution in [0.25, 0.3) is 6.08 Å². The van der Waals surface area contributed by atoms with Gasteiger partial charge in [-0.25, -0.2) is 9.18 Å². The van der Waals surface area contributed by atoms with Crippen molar-refractivity contribution in [3.05, 3.63) is 65.2 Å². The van der Waals surface area contributed by atoms with E-state index >= 15 is 0 Å². The van der Waals surface area contributed by atoms with Gasteiger partial charge in [-0.05, 0) is 48.2 Å². The number of rotatable bonds is 2. The first-order valence-electron chi connectivity index (χ1n) is 8.76. The monoisotopic (exact) mass is 393 g/mol. The number of alkyl halides is 3. The van der Waals surface area contributed by atoms with Crippen molar-refractivity contribution in [2.24, 2.45) is 5.92 Å². The lowest BCUT2D eigenvalue weighted by molar-refractivity contribution is -0.137. The Morgan fingerprint density at radius 2 is 2.11 bits per heavy atom. The molecule has 3 rings (SSSR count). The molecule has 1 fully saturated rings. The number of amides is 2. The third-order valence-electron chi connectivity index (χ3n) is 4.60. The Kier molecular flexibility index (Phi) is 5.67. The van der Waals surface area contributed by atoms with E-state index in [-0.39, 0.29) is 17.5 Å². The molecule has 0 radical (unpaired) electrons. The zero-order chi connectivity index (χ0) is 20.3. The van der Waals surface area contributed by atoms with Gasteiger partial charge in [-0.3, -0.25) is 4.98 Å². The van der Waals surface area contributed by atoms with Gasteiger partial charge >= 0.3 is 12.2 Å². The van der Waals surface area contributed by atoms with Gasteiger partial charge in [0, 0.05) is 19.3 Å². The second kappa shape index (κ2) is 8.00. The fourth-order valence-electron chi connectivity index (χ4n) is 3.16. The number of piperidine rings is 1. The van der Waals surface area contributed by atoms with Crippen LogP contribution in [0.15, 0.2) is 48.3 Å². The summed E-state index contributed by atoms with van der Waals surface area (Å²) >= 11 is 0. The molecule has 0 spiro atoms. The average molecular weight is 393 g/mol. The van der Waals surface area contributed by atoms with Gasteiger partial charge in [-0.1, -0.05) is 18.6 Å². The lowest BCUT2D eigenvalue weighted by Gasteiger charge is -2.33. The van der Waals surface area contributed by atoms with E-state index in [1.807, 2.05) is 6.92 Å². The molecular weight excluding hydrogens is 374 g/mol. The summed E-state index contributed by atoms with van der Waals surface area (Å²) in [5.41, 5.74) is 0.618. The molecule has 1 unspecified atom stereocenters. The Morgan fingerprint density at radius 1 is 1.32 bits per heavy atom. The quantitative estimate of drug-likeness (QED) is 0.713. The van der Waals surface area contributed by atoms with Crippen molar-refractivity contribution in [2.45, 2.75) is 19.5 Å². The fraction of sp³-hybridized carbons (Fsp3) is 0.300. The third kappa shape index (κ3) is 4.88. The Hall–Kier alpha value is -2.90. The zero-order valence-corrected chi connectivity index (χ0v) is 15.1. The van der Waals surface area contributed by atoms with Crippen LogP contribution in [-0.4, -0.2) is 29.0 Å². The number of pyridine rings is 1. The first kappa shape index (κ1) is 19.9. The van der Waals surface area contributed by atoms with Crippen LogP contribution in [-0.2, 0) is 6.18 Å². The summed E-state index contributed by atoms with van der Waals surface area (Å²) in [6.07, 6.45) is 0.624. The van der Waals surface area contributed by atoms with E-state index in [1.165, 1.54) is 0 Å². The highest BCUT2D eigenvalue weighted by Gasteiger charge is 2.31.